The molecule has 3 rings (SSSR count). The van der Waals surface area contributed by atoms with Gasteiger partial charge in [-0.05, 0) is 77.7 Å². The van der Waals surface area contributed by atoms with E-state index >= 15 is 0 Å². The number of aryl methyl sites for hydroxylation is 2. The Morgan fingerprint density at radius 1 is 0.795 bits per heavy atom. The van der Waals surface area contributed by atoms with Crippen LogP contribution >= 0.6 is 0 Å². The van der Waals surface area contributed by atoms with Crippen molar-refractivity contribution in [2.45, 2.75) is 124 Å². The number of rotatable bonds is 8. The molecule has 1 aliphatic heterocycles. The first-order chi connectivity index (χ1) is 17.7. The average molecular weight is 535 g/mol. The molecule has 0 spiro atoms. The van der Waals surface area contributed by atoms with Crippen LogP contribution in [0.1, 0.15) is 122 Å². The Hall–Kier alpha value is -2.95. The van der Waals surface area contributed by atoms with Crippen molar-refractivity contribution in [3.63, 3.8) is 0 Å². The fraction of sp³-hybridized carbons (Fsp3) is 0.559. The Bertz CT molecular complexity index is 1220. The highest BCUT2D eigenvalue weighted by Gasteiger charge is 2.40. The predicted molar refractivity (Wildman–Crippen MR) is 161 cm³/mol. The summed E-state index contributed by atoms with van der Waals surface area (Å²) in [6, 6.07) is 8.57. The zero-order chi connectivity index (χ0) is 29.6. The summed E-state index contributed by atoms with van der Waals surface area (Å²) in [6.07, 6.45) is 2.47. The Balaban J connectivity index is 1.58. The second-order valence-corrected chi connectivity index (χ2v) is 14.7. The highest BCUT2D eigenvalue weighted by atomic mass is 16.5. The quantitative estimate of drug-likeness (QED) is 0.305. The standard InChI is InChI=1S/C34H50N2O3/c1-21(13-14-22-17-24(31(2,3)4)29(38)25(18-22)32(5,6)7)35-36-28(37)16-15-23-19-26(33(8,9)10)30-27(20-23)34(11,12)39-30/h17-20,35,38H,1,13-16H2,2-12H3,(H,36,37). The molecule has 5 heteroatoms. The van der Waals surface area contributed by atoms with Crippen molar-refractivity contribution in [1.82, 2.24) is 10.9 Å². The number of phenols is 1. The first-order valence-electron chi connectivity index (χ1n) is 14.2. The van der Waals surface area contributed by atoms with Crippen LogP contribution < -0.4 is 15.6 Å². The van der Waals surface area contributed by atoms with E-state index in [9.17, 15) is 9.90 Å². The monoisotopic (exact) mass is 534 g/mol. The first-order valence-corrected chi connectivity index (χ1v) is 14.2. The average Bonchev–Trinajstić information content (AvgIpc) is 2.78. The van der Waals surface area contributed by atoms with Crippen LogP contribution in [0.3, 0.4) is 0 Å². The minimum absolute atomic E-state index is 0.0308. The maximum absolute atomic E-state index is 12.7. The number of aromatic hydroxyl groups is 1. The highest BCUT2D eigenvalue weighted by Crippen LogP contribution is 2.50. The fourth-order valence-electron chi connectivity index (χ4n) is 5.03. The summed E-state index contributed by atoms with van der Waals surface area (Å²) in [6.45, 7) is 27.6. The van der Waals surface area contributed by atoms with E-state index in [1.54, 1.807) is 0 Å². The summed E-state index contributed by atoms with van der Waals surface area (Å²) in [5.41, 5.74) is 12.6. The second-order valence-electron chi connectivity index (χ2n) is 14.7. The van der Waals surface area contributed by atoms with E-state index in [0.29, 0.717) is 25.0 Å². The molecule has 2 aromatic carbocycles. The van der Waals surface area contributed by atoms with Crippen LogP contribution in [0.4, 0.5) is 0 Å². The fourth-order valence-corrected chi connectivity index (χ4v) is 5.03. The molecule has 5 nitrogen and oxygen atoms in total. The van der Waals surface area contributed by atoms with Gasteiger partial charge in [-0.25, -0.2) is 0 Å². The summed E-state index contributed by atoms with van der Waals surface area (Å²) in [5, 5.41) is 11.0. The van der Waals surface area contributed by atoms with Gasteiger partial charge in [0, 0.05) is 23.2 Å². The van der Waals surface area contributed by atoms with Crippen LogP contribution in [0.15, 0.2) is 36.5 Å². The third-order valence-electron chi connectivity index (χ3n) is 7.48. The van der Waals surface area contributed by atoms with Crippen molar-refractivity contribution in [2.24, 2.45) is 0 Å². The first kappa shape index (κ1) is 30.6. The molecule has 1 amide bonds. The van der Waals surface area contributed by atoms with Crippen molar-refractivity contribution < 1.29 is 14.6 Å². The van der Waals surface area contributed by atoms with E-state index in [-0.39, 0.29) is 27.8 Å². The van der Waals surface area contributed by atoms with E-state index in [1.807, 2.05) is 0 Å². The van der Waals surface area contributed by atoms with Gasteiger partial charge in [0.15, 0.2) is 0 Å². The molecule has 39 heavy (non-hydrogen) atoms. The minimum Gasteiger partial charge on any atom is -0.507 e. The smallest absolute Gasteiger partial charge is 0.238 e. The molecule has 0 radical (unpaired) electrons. The van der Waals surface area contributed by atoms with Gasteiger partial charge in [0.25, 0.3) is 0 Å². The van der Waals surface area contributed by atoms with Gasteiger partial charge in [-0.15, -0.1) is 0 Å². The van der Waals surface area contributed by atoms with Gasteiger partial charge in [0.05, 0.1) is 0 Å². The lowest BCUT2D eigenvalue weighted by Crippen LogP contribution is -2.38. The van der Waals surface area contributed by atoms with Crippen LogP contribution in [0.5, 0.6) is 11.5 Å². The van der Waals surface area contributed by atoms with E-state index in [0.717, 1.165) is 40.1 Å². The summed E-state index contributed by atoms with van der Waals surface area (Å²) in [5.74, 6) is 1.32. The van der Waals surface area contributed by atoms with Crippen LogP contribution in [0.2, 0.25) is 0 Å². The molecule has 0 atom stereocenters. The third-order valence-corrected chi connectivity index (χ3v) is 7.48. The number of hydrogen-bond acceptors (Lipinski definition) is 4. The number of carbonyl (C=O) groups excluding carboxylic acids is 1. The highest BCUT2D eigenvalue weighted by molar-refractivity contribution is 5.76. The number of fused-ring (bicyclic) bond motifs is 1. The number of nitrogens with one attached hydrogen (secondary N) is 2. The molecule has 0 fully saturated rings. The molecule has 0 unspecified atom stereocenters. The van der Waals surface area contributed by atoms with E-state index in [2.05, 4.69) is 118 Å². The molecule has 1 heterocycles. The van der Waals surface area contributed by atoms with Gasteiger partial charge < -0.3 is 15.3 Å². The summed E-state index contributed by atoms with van der Waals surface area (Å²) in [7, 11) is 0. The zero-order valence-electron chi connectivity index (χ0n) is 26.1. The lowest BCUT2D eigenvalue weighted by Gasteiger charge is -2.42. The van der Waals surface area contributed by atoms with Crippen LogP contribution in [-0.2, 0) is 39.5 Å². The third kappa shape index (κ3) is 7.17. The van der Waals surface area contributed by atoms with Crippen molar-refractivity contribution in [2.75, 3.05) is 0 Å². The van der Waals surface area contributed by atoms with Crippen LogP contribution in [-0.4, -0.2) is 11.0 Å². The molecule has 1 aliphatic rings. The molecule has 214 valence electrons. The largest absolute Gasteiger partial charge is 0.507 e. The Morgan fingerprint density at radius 3 is 1.74 bits per heavy atom. The predicted octanol–water partition coefficient (Wildman–Crippen LogP) is 7.61. The number of hydrazine groups is 1. The van der Waals surface area contributed by atoms with Crippen molar-refractivity contribution >= 4 is 5.91 Å². The lowest BCUT2D eigenvalue weighted by atomic mass is 9.78. The number of hydrogen-bond donors (Lipinski definition) is 3. The molecule has 0 bridgehead atoms. The molecule has 2 aromatic rings. The molecular formula is C34H50N2O3. The Kier molecular flexibility index (Phi) is 8.28. The van der Waals surface area contributed by atoms with Crippen molar-refractivity contribution in [1.29, 1.82) is 0 Å². The van der Waals surface area contributed by atoms with Gasteiger partial charge >= 0.3 is 0 Å². The van der Waals surface area contributed by atoms with E-state index in [1.165, 1.54) is 11.1 Å². The van der Waals surface area contributed by atoms with Gasteiger partial charge in [-0.2, -0.15) is 0 Å². The van der Waals surface area contributed by atoms with Gasteiger partial charge in [-0.3, -0.25) is 10.2 Å². The minimum atomic E-state index is -0.286. The van der Waals surface area contributed by atoms with E-state index < -0.39 is 0 Å². The number of amides is 1. The number of phenolic OH excluding ortho intramolecular Hbond substituents is 1. The van der Waals surface area contributed by atoms with Gasteiger partial charge in [0.1, 0.15) is 17.1 Å². The van der Waals surface area contributed by atoms with E-state index in [4.69, 9.17) is 4.74 Å². The maximum Gasteiger partial charge on any atom is 0.238 e. The van der Waals surface area contributed by atoms with Crippen molar-refractivity contribution in [3.05, 3.63) is 69.9 Å². The number of carbonyl (C=O) groups is 1. The number of ether oxygens (including phenoxy) is 1. The Labute approximate surface area is 236 Å². The van der Waals surface area contributed by atoms with Crippen molar-refractivity contribution in [3.8, 4) is 11.5 Å². The van der Waals surface area contributed by atoms with Crippen LogP contribution in [0.25, 0.3) is 0 Å². The molecule has 3 N–H and O–H groups in total. The summed E-state index contributed by atoms with van der Waals surface area (Å²) < 4.78 is 6.07. The van der Waals surface area contributed by atoms with Gasteiger partial charge in [0.2, 0.25) is 5.91 Å². The second kappa shape index (κ2) is 10.6. The summed E-state index contributed by atoms with van der Waals surface area (Å²) in [4.78, 5) is 12.7. The molecule has 0 saturated heterocycles. The molecular weight excluding hydrogens is 484 g/mol. The zero-order valence-corrected chi connectivity index (χ0v) is 26.1. The molecule has 0 saturated carbocycles. The molecule has 0 aromatic heterocycles. The number of benzene rings is 2. The van der Waals surface area contributed by atoms with Gasteiger partial charge in [-0.1, -0.05) is 87.1 Å². The molecule has 0 aliphatic carbocycles. The van der Waals surface area contributed by atoms with Crippen LogP contribution in [0, 0.1) is 0 Å². The SMILES string of the molecule is C=C(CCc1cc(C(C)(C)C)c(O)c(C(C)(C)C)c1)NNC(=O)CCc1cc(C(C)(C)C)c2c(c1)C(C)(C)O2. The Morgan fingerprint density at radius 2 is 1.26 bits per heavy atom. The summed E-state index contributed by atoms with van der Waals surface area (Å²) >= 11 is 0. The maximum atomic E-state index is 12.7. The lowest BCUT2D eigenvalue weighted by molar-refractivity contribution is -0.121. The topological polar surface area (TPSA) is 70.6 Å². The normalized spacial score (nSPS) is 14.6. The number of allylic oxidation sites excluding steroid dienone is 1.